The highest BCUT2D eigenvalue weighted by Gasteiger charge is 2.33. The maximum absolute atomic E-state index is 3.58. The van der Waals surface area contributed by atoms with E-state index in [0.29, 0.717) is 0 Å². The number of unbranched alkanes of at least 4 members (excludes halogenated alkanes) is 1. The Bertz CT molecular complexity index is 190. The molecule has 0 radical (unpaired) electrons. The molecule has 0 N–H and O–H groups in total. The summed E-state index contributed by atoms with van der Waals surface area (Å²) in [6.07, 6.45) is 2.50. The predicted octanol–water partition coefficient (Wildman–Crippen LogP) is 6.36. The molecule has 0 rings (SSSR count). The molecule has 0 nitrogen and oxygen atoms in total. The molecule has 0 saturated carbocycles. The Hall–Kier alpha value is 2.49. The SMILES string of the molecule is CCCCS/C=C(\Br)C(Br)(Br)C(Br)Br. The highest BCUT2D eigenvalue weighted by molar-refractivity contribution is 9.30. The third-order valence-electron chi connectivity index (χ3n) is 1.40. The van der Waals surface area contributed by atoms with Gasteiger partial charge in [0.15, 0.2) is 0 Å². The van der Waals surface area contributed by atoms with E-state index in [1.807, 2.05) is 11.8 Å². The second-order valence-electron chi connectivity index (χ2n) is 2.61. The fourth-order valence-corrected chi connectivity index (χ4v) is 3.71. The quantitative estimate of drug-likeness (QED) is 0.280. The molecule has 0 aromatic heterocycles. The molecular formula is C8H11Br5S. The van der Waals surface area contributed by atoms with Crippen LogP contribution in [0.5, 0.6) is 0 Å². The molecule has 0 bridgehead atoms. The Kier molecular flexibility index (Phi) is 10.1. The number of halogens is 5. The largest absolute Gasteiger partial charge is 0.134 e. The van der Waals surface area contributed by atoms with Gasteiger partial charge < -0.3 is 0 Å². The van der Waals surface area contributed by atoms with Crippen molar-refractivity contribution < 1.29 is 0 Å². The minimum atomic E-state index is -0.279. The topological polar surface area (TPSA) is 0 Å². The maximum Gasteiger partial charge on any atom is 0.134 e. The van der Waals surface area contributed by atoms with Gasteiger partial charge in [0.25, 0.3) is 0 Å². The number of rotatable bonds is 6. The van der Waals surface area contributed by atoms with Crippen LogP contribution in [0.3, 0.4) is 0 Å². The van der Waals surface area contributed by atoms with Gasteiger partial charge >= 0.3 is 0 Å². The van der Waals surface area contributed by atoms with Gasteiger partial charge in [-0.2, -0.15) is 0 Å². The van der Waals surface area contributed by atoms with Crippen molar-refractivity contribution >= 4 is 91.4 Å². The Labute approximate surface area is 132 Å². The van der Waals surface area contributed by atoms with Gasteiger partial charge in [-0.3, -0.25) is 0 Å². The fraction of sp³-hybridized carbons (Fsp3) is 0.750. The van der Waals surface area contributed by atoms with Crippen molar-refractivity contribution in [3.63, 3.8) is 0 Å². The summed E-state index contributed by atoms with van der Waals surface area (Å²) in [5.41, 5.74) is 0. The van der Waals surface area contributed by atoms with Gasteiger partial charge in [0.2, 0.25) is 0 Å². The van der Waals surface area contributed by atoms with Gasteiger partial charge in [-0.15, -0.1) is 11.8 Å². The Morgan fingerprint density at radius 1 is 1.43 bits per heavy atom. The number of alkyl halides is 4. The van der Waals surface area contributed by atoms with Crippen LogP contribution < -0.4 is 0 Å². The maximum atomic E-state index is 3.58. The van der Waals surface area contributed by atoms with E-state index in [9.17, 15) is 0 Å². The molecule has 6 heteroatoms. The molecule has 0 fully saturated rings. The minimum absolute atomic E-state index is 0.125. The first-order valence-electron chi connectivity index (χ1n) is 4.06. The predicted molar refractivity (Wildman–Crippen MR) is 86.6 cm³/mol. The van der Waals surface area contributed by atoms with E-state index >= 15 is 0 Å². The lowest BCUT2D eigenvalue weighted by Gasteiger charge is -2.21. The van der Waals surface area contributed by atoms with Crippen LogP contribution in [0.1, 0.15) is 19.8 Å². The molecule has 0 aromatic carbocycles. The van der Waals surface area contributed by atoms with Crippen molar-refractivity contribution in [2.24, 2.45) is 0 Å². The van der Waals surface area contributed by atoms with E-state index in [-0.39, 0.29) is 6.97 Å². The van der Waals surface area contributed by atoms with Crippen molar-refractivity contribution in [1.82, 2.24) is 0 Å². The number of thioether (sulfide) groups is 1. The molecule has 0 aliphatic carbocycles. The van der Waals surface area contributed by atoms with Gasteiger partial charge in [0.1, 0.15) is 3.23 Å². The van der Waals surface area contributed by atoms with E-state index in [1.165, 1.54) is 12.8 Å². The fourth-order valence-electron chi connectivity index (χ4n) is 0.543. The summed E-state index contributed by atoms with van der Waals surface area (Å²) in [6, 6.07) is 0. The zero-order valence-corrected chi connectivity index (χ0v) is 16.3. The first-order valence-corrected chi connectivity index (χ1v) is 9.32. The Morgan fingerprint density at radius 2 is 2.00 bits per heavy atom. The molecule has 0 aromatic rings. The third kappa shape index (κ3) is 6.28. The summed E-state index contributed by atoms with van der Waals surface area (Å²) in [5.74, 6) is 1.16. The summed E-state index contributed by atoms with van der Waals surface area (Å²) in [6.45, 7) is 2.20. The third-order valence-corrected chi connectivity index (χ3v) is 10.1. The highest BCUT2D eigenvalue weighted by atomic mass is 79.9. The van der Waals surface area contributed by atoms with Crippen LogP contribution in [0.2, 0.25) is 0 Å². The van der Waals surface area contributed by atoms with Crippen molar-refractivity contribution in [3.8, 4) is 0 Å². The van der Waals surface area contributed by atoms with E-state index in [4.69, 9.17) is 0 Å². The van der Waals surface area contributed by atoms with Crippen LogP contribution >= 0.6 is 91.4 Å². The summed E-state index contributed by atoms with van der Waals surface area (Å²) in [5, 5.41) is 2.12. The minimum Gasteiger partial charge on any atom is -0.133 e. The highest BCUT2D eigenvalue weighted by Crippen LogP contribution is 2.47. The summed E-state index contributed by atoms with van der Waals surface area (Å²) < 4.78 is 0.920. The average molecular weight is 539 g/mol. The molecule has 0 saturated heterocycles. The molecule has 84 valence electrons. The zero-order valence-electron chi connectivity index (χ0n) is 7.57. The summed E-state index contributed by atoms with van der Waals surface area (Å²) in [7, 11) is 0. The lowest BCUT2D eigenvalue weighted by atomic mass is 10.4. The van der Waals surface area contributed by atoms with Gasteiger partial charge in [0.05, 0.1) is 3.74 Å². The van der Waals surface area contributed by atoms with Gasteiger partial charge in [-0.1, -0.05) is 93.0 Å². The second kappa shape index (κ2) is 8.56. The standard InChI is InChI=1S/C8H11Br5S/c1-2-3-4-14-5-6(9)8(12,13)7(10)11/h5,7H,2-4H2,1H3/b6-5-. The van der Waals surface area contributed by atoms with Crippen LogP contribution in [-0.4, -0.2) is 12.7 Å². The molecule has 14 heavy (non-hydrogen) atoms. The molecule has 0 atom stereocenters. The van der Waals surface area contributed by atoms with Crippen molar-refractivity contribution in [1.29, 1.82) is 0 Å². The molecule has 0 heterocycles. The molecule has 0 aliphatic rings. The first kappa shape index (κ1) is 16.5. The average Bonchev–Trinajstić information content (AvgIpc) is 2.11. The molecular weight excluding hydrogens is 528 g/mol. The molecule has 0 unspecified atom stereocenters. The Balaban J connectivity index is 4.09. The van der Waals surface area contributed by atoms with Crippen LogP contribution in [0, 0.1) is 0 Å². The second-order valence-corrected chi connectivity index (χ2v) is 11.1. The Morgan fingerprint density at radius 3 is 2.43 bits per heavy atom. The number of allylic oxidation sites excluding steroid dienone is 1. The number of hydrogen-bond acceptors (Lipinski definition) is 1. The summed E-state index contributed by atoms with van der Waals surface area (Å²) >= 11 is 19.4. The van der Waals surface area contributed by atoms with Crippen molar-refractivity contribution in [2.75, 3.05) is 5.75 Å². The van der Waals surface area contributed by atoms with Crippen LogP contribution in [0.4, 0.5) is 0 Å². The van der Waals surface area contributed by atoms with Crippen LogP contribution in [0.15, 0.2) is 9.89 Å². The van der Waals surface area contributed by atoms with Crippen LogP contribution in [0.25, 0.3) is 0 Å². The molecule has 0 spiro atoms. The smallest absolute Gasteiger partial charge is 0.133 e. The monoisotopic (exact) mass is 534 g/mol. The van der Waals surface area contributed by atoms with Gasteiger partial charge in [-0.25, -0.2) is 0 Å². The lowest BCUT2D eigenvalue weighted by molar-refractivity contribution is 0.897. The van der Waals surface area contributed by atoms with Gasteiger partial charge in [0, 0.05) is 4.48 Å². The zero-order chi connectivity index (χ0) is 11.2. The van der Waals surface area contributed by atoms with Crippen LogP contribution in [-0.2, 0) is 0 Å². The van der Waals surface area contributed by atoms with E-state index < -0.39 is 0 Å². The van der Waals surface area contributed by atoms with E-state index in [0.717, 1.165) is 10.2 Å². The molecule has 0 amide bonds. The lowest BCUT2D eigenvalue weighted by Crippen LogP contribution is -2.19. The molecule has 0 aliphatic heterocycles. The van der Waals surface area contributed by atoms with Crippen molar-refractivity contribution in [2.45, 2.75) is 26.7 Å². The van der Waals surface area contributed by atoms with E-state index in [2.05, 4.69) is 92.0 Å². The number of hydrogen-bond donors (Lipinski definition) is 0. The van der Waals surface area contributed by atoms with Gasteiger partial charge in [-0.05, 0) is 17.6 Å². The first-order chi connectivity index (χ1) is 6.42. The van der Waals surface area contributed by atoms with E-state index in [1.54, 1.807) is 0 Å². The van der Waals surface area contributed by atoms with Crippen molar-refractivity contribution in [3.05, 3.63) is 9.89 Å². The normalized spacial score (nSPS) is 13.8. The summed E-state index contributed by atoms with van der Waals surface area (Å²) in [4.78, 5) is 0.